The third-order valence-electron chi connectivity index (χ3n) is 7.19. The quantitative estimate of drug-likeness (QED) is 0.340. The molecule has 1 fully saturated rings. The molecule has 0 radical (unpaired) electrons. The normalized spacial score (nSPS) is 14.5. The van der Waals surface area contributed by atoms with Crippen LogP contribution in [0.5, 0.6) is 11.5 Å². The fraction of sp³-hybridized carbons (Fsp3) is 0.333. The van der Waals surface area contributed by atoms with Crippen LogP contribution in [0, 0.1) is 0 Å². The summed E-state index contributed by atoms with van der Waals surface area (Å²) in [6.07, 6.45) is 5.13. The lowest BCUT2D eigenvalue weighted by atomic mass is 9.94. The van der Waals surface area contributed by atoms with E-state index in [2.05, 4.69) is 15.6 Å². The molecule has 1 aromatic heterocycles. The molecule has 1 heterocycles. The van der Waals surface area contributed by atoms with Crippen LogP contribution in [0.15, 0.2) is 72.8 Å². The highest BCUT2D eigenvalue weighted by Crippen LogP contribution is 2.39. The number of amides is 2. The fourth-order valence-electron chi connectivity index (χ4n) is 5.32. The summed E-state index contributed by atoms with van der Waals surface area (Å²) in [5.74, 6) is 0.302. The van der Waals surface area contributed by atoms with Crippen molar-refractivity contribution in [1.82, 2.24) is 20.3 Å². The van der Waals surface area contributed by atoms with Gasteiger partial charge in [-0.2, -0.15) is 0 Å². The Morgan fingerprint density at radius 3 is 2.44 bits per heavy atom. The van der Waals surface area contributed by atoms with Crippen molar-refractivity contribution in [3.8, 4) is 11.5 Å². The van der Waals surface area contributed by atoms with Gasteiger partial charge < -0.3 is 14.8 Å². The first-order valence-electron chi connectivity index (χ1n) is 13.3. The second kappa shape index (κ2) is 12.0. The van der Waals surface area contributed by atoms with Gasteiger partial charge in [0.2, 0.25) is 11.8 Å². The maximum atomic E-state index is 14.2. The van der Waals surface area contributed by atoms with Gasteiger partial charge in [0.25, 0.3) is 0 Å². The Bertz CT molecular complexity index is 1430. The highest BCUT2D eigenvalue weighted by molar-refractivity contribution is 6.02. The number of nitrogens with one attached hydrogen (secondary N) is 1. The van der Waals surface area contributed by atoms with Crippen LogP contribution in [0.1, 0.15) is 43.7 Å². The summed E-state index contributed by atoms with van der Waals surface area (Å²) in [7, 11) is 3.09. The summed E-state index contributed by atoms with van der Waals surface area (Å²) in [6.45, 7) is -0.102. The van der Waals surface area contributed by atoms with Crippen LogP contribution in [-0.4, -0.2) is 47.1 Å². The van der Waals surface area contributed by atoms with Gasteiger partial charge in [-0.3, -0.25) is 14.5 Å². The molecule has 1 aliphatic carbocycles. The number of para-hydroxylation sites is 3. The Morgan fingerprint density at radius 2 is 1.69 bits per heavy atom. The lowest BCUT2D eigenvalue weighted by molar-refractivity contribution is -0.127. The van der Waals surface area contributed by atoms with Crippen molar-refractivity contribution in [2.75, 3.05) is 19.1 Å². The molecule has 0 aliphatic heterocycles. The minimum Gasteiger partial charge on any atom is -0.493 e. The van der Waals surface area contributed by atoms with Gasteiger partial charge in [-0.15, -0.1) is 5.10 Å². The molecule has 1 aliphatic rings. The van der Waals surface area contributed by atoms with Crippen molar-refractivity contribution < 1.29 is 19.1 Å². The van der Waals surface area contributed by atoms with E-state index in [4.69, 9.17) is 9.47 Å². The Balaban J connectivity index is 1.61. The summed E-state index contributed by atoms with van der Waals surface area (Å²) < 4.78 is 12.9. The number of methoxy groups -OCH3 is 2. The van der Waals surface area contributed by atoms with Crippen LogP contribution in [0.3, 0.4) is 0 Å². The van der Waals surface area contributed by atoms with Crippen LogP contribution < -0.4 is 19.7 Å². The predicted octanol–water partition coefficient (Wildman–Crippen LogP) is 4.67. The van der Waals surface area contributed by atoms with Gasteiger partial charge in [0.15, 0.2) is 11.5 Å². The molecular formula is C30H33N5O4. The summed E-state index contributed by atoms with van der Waals surface area (Å²) in [4.78, 5) is 29.9. The van der Waals surface area contributed by atoms with Gasteiger partial charge >= 0.3 is 0 Å². The summed E-state index contributed by atoms with van der Waals surface area (Å²) in [6, 6.07) is 21.1. The molecule has 3 aromatic carbocycles. The molecule has 1 saturated carbocycles. The molecule has 202 valence electrons. The van der Waals surface area contributed by atoms with Crippen molar-refractivity contribution in [2.24, 2.45) is 0 Å². The molecule has 0 spiro atoms. The number of carbonyl (C=O) groups excluding carboxylic acids is 2. The average molecular weight is 528 g/mol. The number of benzene rings is 3. The Hall–Kier alpha value is -4.40. The van der Waals surface area contributed by atoms with E-state index in [0.717, 1.165) is 31.2 Å². The molecule has 2 amide bonds. The first-order chi connectivity index (χ1) is 19.1. The van der Waals surface area contributed by atoms with Crippen LogP contribution in [-0.2, 0) is 16.1 Å². The summed E-state index contributed by atoms with van der Waals surface area (Å²) >= 11 is 0. The molecule has 1 N–H and O–H groups in total. The fourth-order valence-corrected chi connectivity index (χ4v) is 5.32. The van der Waals surface area contributed by atoms with E-state index in [1.54, 1.807) is 30.0 Å². The number of hydrogen-bond donors (Lipinski definition) is 1. The maximum Gasteiger partial charge on any atom is 0.249 e. The molecule has 39 heavy (non-hydrogen) atoms. The number of carbonyl (C=O) groups is 2. The molecule has 5 rings (SSSR count). The lowest BCUT2D eigenvalue weighted by Gasteiger charge is -2.34. The summed E-state index contributed by atoms with van der Waals surface area (Å²) in [5, 5.41) is 11.6. The van der Waals surface area contributed by atoms with Crippen LogP contribution in [0.25, 0.3) is 11.0 Å². The van der Waals surface area contributed by atoms with Gasteiger partial charge in [0.1, 0.15) is 18.1 Å². The highest BCUT2D eigenvalue weighted by atomic mass is 16.5. The average Bonchev–Trinajstić information content (AvgIpc) is 3.38. The van der Waals surface area contributed by atoms with Crippen LogP contribution in [0.4, 0.5) is 5.69 Å². The van der Waals surface area contributed by atoms with Crippen LogP contribution >= 0.6 is 0 Å². The zero-order chi connectivity index (χ0) is 27.2. The van der Waals surface area contributed by atoms with Crippen LogP contribution in [0.2, 0.25) is 0 Å². The number of nitrogens with zero attached hydrogens (tertiary/aromatic N) is 4. The Labute approximate surface area is 227 Å². The number of fused-ring (bicyclic) bond motifs is 1. The third kappa shape index (κ3) is 5.57. The van der Waals surface area contributed by atoms with E-state index in [-0.39, 0.29) is 24.4 Å². The number of aromatic nitrogens is 3. The minimum atomic E-state index is -1.01. The molecule has 1 atom stereocenters. The van der Waals surface area contributed by atoms with Crippen molar-refractivity contribution >= 4 is 28.5 Å². The smallest absolute Gasteiger partial charge is 0.249 e. The predicted molar refractivity (Wildman–Crippen MR) is 149 cm³/mol. The van der Waals surface area contributed by atoms with E-state index in [1.165, 1.54) is 18.4 Å². The zero-order valence-corrected chi connectivity index (χ0v) is 22.2. The van der Waals surface area contributed by atoms with Gasteiger partial charge in [0.05, 0.1) is 19.7 Å². The molecule has 0 saturated heterocycles. The van der Waals surface area contributed by atoms with Gasteiger partial charge in [-0.1, -0.05) is 66.9 Å². The van der Waals surface area contributed by atoms with E-state index in [9.17, 15) is 9.59 Å². The van der Waals surface area contributed by atoms with E-state index < -0.39 is 6.04 Å². The molecule has 0 unspecified atom stereocenters. The molecular weight excluding hydrogens is 494 g/mol. The maximum absolute atomic E-state index is 14.2. The largest absolute Gasteiger partial charge is 0.493 e. The Kier molecular flexibility index (Phi) is 8.05. The molecule has 4 aromatic rings. The monoisotopic (exact) mass is 527 g/mol. The lowest BCUT2D eigenvalue weighted by Crippen LogP contribution is -2.48. The van der Waals surface area contributed by atoms with Crippen molar-refractivity contribution in [1.29, 1.82) is 0 Å². The second-order valence-corrected chi connectivity index (χ2v) is 9.66. The summed E-state index contributed by atoms with van der Waals surface area (Å²) in [5.41, 5.74) is 2.55. The van der Waals surface area contributed by atoms with Gasteiger partial charge in [-0.05, 0) is 43.2 Å². The first kappa shape index (κ1) is 26.2. The standard InChI is InChI=1S/C30H33N5O4/c1-38-26-19-11-16-23(29(26)39-2)28(30(37)31-21-12-5-3-6-13-21)35(22-14-7-4-8-15-22)27(36)20-34-25-18-10-9-17-24(25)32-33-34/h4,7-11,14-19,21,28H,3,5-6,12-13,20H2,1-2H3,(H,31,37)/t28-/m0/s1. The van der Waals surface area contributed by atoms with E-state index in [0.29, 0.717) is 28.3 Å². The van der Waals surface area contributed by atoms with E-state index >= 15 is 0 Å². The Morgan fingerprint density at radius 1 is 0.949 bits per heavy atom. The number of rotatable bonds is 9. The molecule has 0 bridgehead atoms. The minimum absolute atomic E-state index is 0.0531. The number of hydrogen-bond acceptors (Lipinski definition) is 6. The molecule has 9 heteroatoms. The topological polar surface area (TPSA) is 98.6 Å². The van der Waals surface area contributed by atoms with E-state index in [1.807, 2.05) is 54.6 Å². The number of ether oxygens (including phenoxy) is 2. The zero-order valence-electron chi connectivity index (χ0n) is 22.2. The second-order valence-electron chi connectivity index (χ2n) is 9.66. The van der Waals surface area contributed by atoms with Gasteiger partial charge in [0, 0.05) is 17.3 Å². The number of anilines is 1. The van der Waals surface area contributed by atoms with Crippen molar-refractivity contribution in [2.45, 2.75) is 50.7 Å². The highest BCUT2D eigenvalue weighted by Gasteiger charge is 2.37. The molecule has 9 nitrogen and oxygen atoms in total. The van der Waals surface area contributed by atoms with Crippen molar-refractivity contribution in [3.05, 3.63) is 78.4 Å². The van der Waals surface area contributed by atoms with Gasteiger partial charge in [-0.25, -0.2) is 4.68 Å². The first-order valence-corrected chi connectivity index (χ1v) is 13.3. The van der Waals surface area contributed by atoms with Crippen molar-refractivity contribution in [3.63, 3.8) is 0 Å². The SMILES string of the molecule is COc1cccc([C@@H](C(=O)NC2CCCCC2)N(C(=O)Cn2nnc3ccccc32)c2ccccc2)c1OC. The third-order valence-corrected chi connectivity index (χ3v) is 7.19.